The Morgan fingerprint density at radius 2 is 1.90 bits per heavy atom. The van der Waals surface area contributed by atoms with Gasteiger partial charge in [0.05, 0.1) is 24.5 Å². The highest BCUT2D eigenvalue weighted by Crippen LogP contribution is 2.35. The highest BCUT2D eigenvalue weighted by Gasteiger charge is 2.30. The number of carbonyl (C=O) groups is 1. The number of nitrogens with zero attached hydrogens (tertiary/aromatic N) is 1. The molecule has 0 saturated carbocycles. The molecule has 1 unspecified atom stereocenters. The highest BCUT2D eigenvalue weighted by atomic mass is 32.2. The molecule has 1 fully saturated rings. The van der Waals surface area contributed by atoms with Crippen LogP contribution in [-0.2, 0) is 15.7 Å². The third-order valence-corrected chi connectivity index (χ3v) is 5.81. The molecule has 1 amide bonds. The minimum Gasteiger partial charge on any atom is -0.491 e. The van der Waals surface area contributed by atoms with Crippen LogP contribution in [0.5, 0.6) is 17.2 Å². The second kappa shape index (κ2) is 9.27. The zero-order chi connectivity index (χ0) is 21.8. The van der Waals surface area contributed by atoms with Crippen molar-refractivity contribution in [2.24, 2.45) is 0 Å². The molecular formula is C21H20F3NO5S. The number of alkyl halides is 3. The quantitative estimate of drug-likeness (QED) is 0.618. The Hall–Kier alpha value is -2.59. The van der Waals surface area contributed by atoms with Crippen molar-refractivity contribution < 1.29 is 36.9 Å². The first kappa shape index (κ1) is 21.6. The van der Waals surface area contributed by atoms with E-state index in [-0.39, 0.29) is 31.2 Å². The van der Waals surface area contributed by atoms with Gasteiger partial charge in [0.15, 0.2) is 11.5 Å². The Morgan fingerprint density at radius 3 is 2.68 bits per heavy atom. The van der Waals surface area contributed by atoms with E-state index in [1.165, 1.54) is 23.9 Å². The van der Waals surface area contributed by atoms with Crippen molar-refractivity contribution in [3.05, 3.63) is 48.0 Å². The number of rotatable bonds is 6. The van der Waals surface area contributed by atoms with Gasteiger partial charge in [0.25, 0.3) is 0 Å². The van der Waals surface area contributed by atoms with E-state index in [0.29, 0.717) is 41.8 Å². The molecule has 0 aromatic heterocycles. The lowest BCUT2D eigenvalue weighted by molar-refractivity contribution is -0.138. The topological polar surface area (TPSA) is 57.2 Å². The Morgan fingerprint density at radius 1 is 1.13 bits per heavy atom. The van der Waals surface area contributed by atoms with Gasteiger partial charge in [-0.15, -0.1) is 11.8 Å². The van der Waals surface area contributed by atoms with Gasteiger partial charge in [0, 0.05) is 17.5 Å². The predicted molar refractivity (Wildman–Crippen MR) is 107 cm³/mol. The van der Waals surface area contributed by atoms with Crippen molar-refractivity contribution in [1.82, 2.24) is 4.90 Å². The van der Waals surface area contributed by atoms with Crippen LogP contribution in [0.15, 0.2) is 47.4 Å². The average Bonchev–Trinajstić information content (AvgIpc) is 3.24. The molecule has 0 N–H and O–H groups in total. The summed E-state index contributed by atoms with van der Waals surface area (Å²) in [6, 6.07) is 10.1. The van der Waals surface area contributed by atoms with Crippen LogP contribution >= 0.6 is 11.8 Å². The van der Waals surface area contributed by atoms with E-state index < -0.39 is 11.7 Å². The summed E-state index contributed by atoms with van der Waals surface area (Å²) in [4.78, 5) is 14.8. The van der Waals surface area contributed by atoms with Crippen LogP contribution < -0.4 is 14.2 Å². The van der Waals surface area contributed by atoms with Crippen molar-refractivity contribution in [3.63, 3.8) is 0 Å². The molecule has 2 aromatic rings. The molecule has 2 aromatic carbocycles. The first-order valence-electron chi connectivity index (χ1n) is 9.60. The average molecular weight is 455 g/mol. The molecule has 2 aliphatic rings. The molecule has 1 saturated heterocycles. The number of fused-ring (bicyclic) bond motifs is 1. The smallest absolute Gasteiger partial charge is 0.416 e. The molecule has 31 heavy (non-hydrogen) atoms. The monoisotopic (exact) mass is 455 g/mol. The lowest BCUT2D eigenvalue weighted by atomic mass is 10.2. The maximum absolute atomic E-state index is 12.6. The highest BCUT2D eigenvalue weighted by molar-refractivity contribution is 8.00. The van der Waals surface area contributed by atoms with E-state index in [9.17, 15) is 18.0 Å². The summed E-state index contributed by atoms with van der Waals surface area (Å²) in [5, 5.41) is 0. The number of carbonyl (C=O) groups excluding carboxylic acids is 1. The van der Waals surface area contributed by atoms with Crippen LogP contribution in [0.3, 0.4) is 0 Å². The second-order valence-electron chi connectivity index (χ2n) is 6.97. The molecule has 2 heterocycles. The molecule has 0 spiro atoms. The molecule has 6 nitrogen and oxygen atoms in total. The third kappa shape index (κ3) is 5.56. The van der Waals surface area contributed by atoms with Crippen molar-refractivity contribution in [2.45, 2.75) is 17.2 Å². The number of hydrogen-bond donors (Lipinski definition) is 0. The number of ether oxygens (including phenoxy) is 4. The van der Waals surface area contributed by atoms with Gasteiger partial charge in [-0.05, 0) is 36.4 Å². The molecule has 4 rings (SSSR count). The largest absolute Gasteiger partial charge is 0.491 e. The summed E-state index contributed by atoms with van der Waals surface area (Å²) in [5.41, 5.74) is -0.707. The Kier molecular flexibility index (Phi) is 6.47. The number of thioether (sulfide) groups is 1. The van der Waals surface area contributed by atoms with Crippen LogP contribution in [-0.4, -0.2) is 55.8 Å². The summed E-state index contributed by atoms with van der Waals surface area (Å²) in [6.45, 7) is 1.71. The van der Waals surface area contributed by atoms with Crippen LogP contribution in [0.1, 0.15) is 5.56 Å². The predicted octanol–water partition coefficient (Wildman–Crippen LogP) is 3.83. The van der Waals surface area contributed by atoms with E-state index in [0.717, 1.165) is 12.1 Å². The fraction of sp³-hybridized carbons (Fsp3) is 0.381. The van der Waals surface area contributed by atoms with Crippen molar-refractivity contribution in [3.8, 4) is 17.2 Å². The Labute approximate surface area is 181 Å². The summed E-state index contributed by atoms with van der Waals surface area (Å²) in [7, 11) is 0. The molecule has 2 aliphatic heterocycles. The Bertz CT molecular complexity index is 922. The van der Waals surface area contributed by atoms with Crippen molar-refractivity contribution >= 4 is 17.7 Å². The van der Waals surface area contributed by atoms with Crippen molar-refractivity contribution in [2.75, 3.05) is 38.8 Å². The van der Waals surface area contributed by atoms with E-state index in [2.05, 4.69) is 0 Å². The van der Waals surface area contributed by atoms with Gasteiger partial charge in [0.2, 0.25) is 12.7 Å². The number of hydrogen-bond acceptors (Lipinski definition) is 6. The van der Waals surface area contributed by atoms with Gasteiger partial charge in [-0.3, -0.25) is 4.79 Å². The minimum atomic E-state index is -4.37. The fourth-order valence-corrected chi connectivity index (χ4v) is 3.98. The van der Waals surface area contributed by atoms with E-state index in [4.69, 9.17) is 18.9 Å². The lowest BCUT2D eigenvalue weighted by Crippen LogP contribution is -2.48. The summed E-state index contributed by atoms with van der Waals surface area (Å²) in [6.07, 6.45) is -4.65. The van der Waals surface area contributed by atoms with Crippen LogP contribution in [0.4, 0.5) is 13.2 Å². The zero-order valence-electron chi connectivity index (χ0n) is 16.4. The third-order valence-electron chi connectivity index (χ3n) is 4.82. The summed E-state index contributed by atoms with van der Waals surface area (Å²) in [5.74, 6) is 1.96. The van der Waals surface area contributed by atoms with Gasteiger partial charge in [0.1, 0.15) is 18.5 Å². The standard InChI is InChI=1S/C21H20F3NO5S/c22-21(23,24)14-1-4-17(5-2-14)31-12-20(26)25-7-8-27-16(10-25)11-28-15-3-6-18-19(9-15)30-13-29-18/h1-6,9,16H,7-8,10-13H2. The van der Waals surface area contributed by atoms with Crippen LogP contribution in [0.25, 0.3) is 0 Å². The normalized spacial score (nSPS) is 18.2. The van der Waals surface area contributed by atoms with Gasteiger partial charge in [-0.1, -0.05) is 0 Å². The Balaban J connectivity index is 1.24. The number of halogens is 3. The second-order valence-corrected chi connectivity index (χ2v) is 8.02. The molecule has 166 valence electrons. The van der Waals surface area contributed by atoms with Gasteiger partial charge in [-0.2, -0.15) is 13.2 Å². The first-order valence-corrected chi connectivity index (χ1v) is 10.6. The maximum Gasteiger partial charge on any atom is 0.416 e. The minimum absolute atomic E-state index is 0.0960. The number of amides is 1. The molecule has 10 heteroatoms. The van der Waals surface area contributed by atoms with Crippen molar-refractivity contribution in [1.29, 1.82) is 0 Å². The number of morpholine rings is 1. The SMILES string of the molecule is O=C(CSc1ccc(C(F)(F)F)cc1)N1CCOC(COc2ccc3c(c2)OCO3)C1. The van der Waals surface area contributed by atoms with E-state index >= 15 is 0 Å². The fourth-order valence-electron chi connectivity index (χ4n) is 3.18. The molecule has 0 radical (unpaired) electrons. The van der Waals surface area contributed by atoms with Crippen LogP contribution in [0, 0.1) is 0 Å². The van der Waals surface area contributed by atoms with Crippen LogP contribution in [0.2, 0.25) is 0 Å². The number of benzene rings is 2. The van der Waals surface area contributed by atoms with Gasteiger partial charge < -0.3 is 23.8 Å². The van der Waals surface area contributed by atoms with Gasteiger partial charge >= 0.3 is 6.18 Å². The van der Waals surface area contributed by atoms with E-state index in [1.807, 2.05) is 0 Å². The molecule has 0 aliphatic carbocycles. The lowest BCUT2D eigenvalue weighted by Gasteiger charge is -2.32. The zero-order valence-corrected chi connectivity index (χ0v) is 17.2. The molecule has 1 atom stereocenters. The summed E-state index contributed by atoms with van der Waals surface area (Å²) < 4.78 is 60.0. The maximum atomic E-state index is 12.6. The van der Waals surface area contributed by atoms with Gasteiger partial charge in [-0.25, -0.2) is 0 Å². The molecular weight excluding hydrogens is 435 g/mol. The first-order chi connectivity index (χ1) is 14.9. The molecule has 0 bridgehead atoms. The van der Waals surface area contributed by atoms with E-state index in [1.54, 1.807) is 23.1 Å². The summed E-state index contributed by atoms with van der Waals surface area (Å²) >= 11 is 1.21.